The van der Waals surface area contributed by atoms with E-state index in [1.807, 2.05) is 6.07 Å². The molecule has 2 aromatic rings. The van der Waals surface area contributed by atoms with Crippen LogP contribution in [-0.4, -0.2) is 21.0 Å². The van der Waals surface area contributed by atoms with E-state index in [2.05, 4.69) is 10.3 Å². The number of hydrogen-bond donors (Lipinski definition) is 2. The lowest BCUT2D eigenvalue weighted by atomic mass is 10.3. The molecule has 0 saturated carbocycles. The van der Waals surface area contributed by atoms with E-state index in [0.29, 0.717) is 6.54 Å². The highest BCUT2D eigenvalue weighted by atomic mass is 16.6. The maximum Gasteiger partial charge on any atom is 0.480 e. The maximum absolute atomic E-state index is 11.6. The minimum Gasteiger partial charge on any atom is -0.393 e. The molecule has 0 atom stereocenters. The molecule has 1 amide bonds. The van der Waals surface area contributed by atoms with E-state index in [1.165, 1.54) is 12.1 Å². The fourth-order valence-corrected chi connectivity index (χ4v) is 1.32. The van der Waals surface area contributed by atoms with Gasteiger partial charge in [-0.25, -0.2) is 5.21 Å². The van der Waals surface area contributed by atoms with Gasteiger partial charge in [0.05, 0.1) is 11.0 Å². The minimum atomic E-state index is -0.480. The molecule has 0 aliphatic carbocycles. The van der Waals surface area contributed by atoms with E-state index in [4.69, 9.17) is 9.62 Å². The summed E-state index contributed by atoms with van der Waals surface area (Å²) in [5, 5.41) is 11.2. The Hall–Kier alpha value is -2.70. The van der Waals surface area contributed by atoms with Crippen molar-refractivity contribution in [2.45, 2.75) is 6.54 Å². The molecule has 0 radical (unpaired) electrons. The van der Waals surface area contributed by atoms with Crippen LogP contribution in [-0.2, 0) is 6.54 Å². The van der Waals surface area contributed by atoms with Gasteiger partial charge in [0.2, 0.25) is 0 Å². The van der Waals surface area contributed by atoms with Crippen molar-refractivity contribution in [3.05, 3.63) is 52.9 Å². The third kappa shape index (κ3) is 2.70. The summed E-state index contributed by atoms with van der Waals surface area (Å²) in [4.78, 5) is 25.6. The smallest absolute Gasteiger partial charge is 0.393 e. The summed E-state index contributed by atoms with van der Waals surface area (Å²) in [5.74, 6) is -0.878. The Bertz CT molecular complexity index is 565. The quantitative estimate of drug-likeness (QED) is 0.797. The highest BCUT2D eigenvalue weighted by molar-refractivity contribution is 5.91. The van der Waals surface area contributed by atoms with Gasteiger partial charge in [-0.2, -0.15) is 0 Å². The zero-order valence-corrected chi connectivity index (χ0v) is 9.24. The van der Waals surface area contributed by atoms with Gasteiger partial charge in [-0.05, 0) is 17.7 Å². The molecule has 2 N–H and O–H groups in total. The van der Waals surface area contributed by atoms with Crippen molar-refractivity contribution < 1.29 is 19.3 Å². The summed E-state index contributed by atoms with van der Waals surface area (Å²) in [7, 11) is 0. The second-order valence-electron chi connectivity index (χ2n) is 3.45. The van der Waals surface area contributed by atoms with E-state index in [1.54, 1.807) is 18.5 Å². The van der Waals surface area contributed by atoms with Crippen LogP contribution in [0.4, 0.5) is 5.88 Å². The van der Waals surface area contributed by atoms with Gasteiger partial charge in [-0.1, -0.05) is 6.07 Å². The van der Waals surface area contributed by atoms with Crippen LogP contribution in [0.3, 0.4) is 0 Å². The lowest BCUT2D eigenvalue weighted by molar-refractivity contribution is -0.737. The highest BCUT2D eigenvalue weighted by Crippen LogP contribution is 2.14. The SMILES string of the molecule is O=C(NCc1cccnc1)c1ccc([N+](=O)O)o1. The molecule has 92 valence electrons. The van der Waals surface area contributed by atoms with Gasteiger partial charge in [0.25, 0.3) is 10.8 Å². The Kier molecular flexibility index (Phi) is 3.33. The number of aromatic nitrogens is 1. The molecule has 0 aliphatic rings. The molecule has 7 heteroatoms. The average Bonchev–Trinajstić information content (AvgIpc) is 2.87. The Balaban J connectivity index is 1.97. The first-order valence-electron chi connectivity index (χ1n) is 5.10. The van der Waals surface area contributed by atoms with Gasteiger partial charge in [-0.3, -0.25) is 9.78 Å². The van der Waals surface area contributed by atoms with Crippen LogP contribution in [0.1, 0.15) is 16.1 Å². The molecule has 0 bridgehead atoms. The molecule has 0 fully saturated rings. The Labute approximate surface area is 102 Å². The summed E-state index contributed by atoms with van der Waals surface area (Å²) < 4.78 is 4.83. The van der Waals surface area contributed by atoms with Crippen LogP contribution in [0.15, 0.2) is 41.1 Å². The molecule has 0 spiro atoms. The van der Waals surface area contributed by atoms with Crippen molar-refractivity contribution in [1.29, 1.82) is 0 Å². The predicted molar refractivity (Wildman–Crippen MR) is 59.2 cm³/mol. The van der Waals surface area contributed by atoms with Crippen LogP contribution >= 0.6 is 0 Å². The van der Waals surface area contributed by atoms with Crippen LogP contribution in [0, 0.1) is 4.91 Å². The first-order valence-corrected chi connectivity index (χ1v) is 5.10. The summed E-state index contributed by atoms with van der Waals surface area (Å²) >= 11 is 0. The second-order valence-corrected chi connectivity index (χ2v) is 3.45. The number of pyridine rings is 1. The second kappa shape index (κ2) is 5.09. The fraction of sp³-hybridized carbons (Fsp3) is 0.0909. The molecule has 0 unspecified atom stereocenters. The molecule has 18 heavy (non-hydrogen) atoms. The van der Waals surface area contributed by atoms with Crippen molar-refractivity contribution >= 4 is 11.8 Å². The minimum absolute atomic E-state index is 0.0520. The molecular weight excluding hydrogens is 238 g/mol. The number of rotatable bonds is 4. The van der Waals surface area contributed by atoms with Crippen molar-refractivity contribution in [3.8, 4) is 0 Å². The van der Waals surface area contributed by atoms with Crippen LogP contribution in [0.5, 0.6) is 0 Å². The van der Waals surface area contributed by atoms with Gasteiger partial charge >= 0.3 is 5.88 Å². The number of amides is 1. The van der Waals surface area contributed by atoms with E-state index < -0.39 is 10.8 Å². The Morgan fingerprint density at radius 2 is 2.28 bits per heavy atom. The molecule has 2 heterocycles. The van der Waals surface area contributed by atoms with Crippen molar-refractivity contribution in [2.24, 2.45) is 0 Å². The van der Waals surface area contributed by atoms with Crippen molar-refractivity contribution in [1.82, 2.24) is 10.3 Å². The zero-order chi connectivity index (χ0) is 13.0. The van der Waals surface area contributed by atoms with Gasteiger partial charge in [0, 0.05) is 18.9 Å². The standard InChI is InChI=1S/C11H9N3O4/c15-11(9-3-4-10(18-9)14(16)17)13-7-8-2-1-5-12-6-8/h1-6H,7H2,(H-,13,15,16,17)/p+1. The summed E-state index contributed by atoms with van der Waals surface area (Å²) in [6.07, 6.45) is 3.26. The van der Waals surface area contributed by atoms with Gasteiger partial charge in [0.1, 0.15) is 0 Å². The van der Waals surface area contributed by atoms with Gasteiger partial charge in [0.15, 0.2) is 5.76 Å². The first-order chi connectivity index (χ1) is 8.66. The maximum atomic E-state index is 11.6. The van der Waals surface area contributed by atoms with E-state index >= 15 is 0 Å². The molecule has 7 nitrogen and oxygen atoms in total. The fourth-order valence-electron chi connectivity index (χ4n) is 1.32. The molecular formula is C11H10N3O4+. The topological polar surface area (TPSA) is 95.4 Å². The van der Waals surface area contributed by atoms with E-state index in [9.17, 15) is 9.70 Å². The molecule has 0 aromatic carbocycles. The number of carbonyl (C=O) groups excluding carboxylic acids is 1. The largest absolute Gasteiger partial charge is 0.480 e. The number of nitrogens with one attached hydrogen (secondary N) is 1. The number of furan rings is 1. The number of nitrogens with zero attached hydrogens (tertiary/aromatic N) is 2. The molecule has 0 aliphatic heterocycles. The van der Waals surface area contributed by atoms with E-state index in [0.717, 1.165) is 5.56 Å². The predicted octanol–water partition coefficient (Wildman–Crippen LogP) is 1.40. The van der Waals surface area contributed by atoms with Gasteiger partial charge in [-0.15, -0.1) is 0 Å². The highest BCUT2D eigenvalue weighted by Gasteiger charge is 2.20. The lowest BCUT2D eigenvalue weighted by Gasteiger charge is -2.01. The number of carbonyl (C=O) groups is 1. The zero-order valence-electron chi connectivity index (χ0n) is 9.24. The van der Waals surface area contributed by atoms with Crippen molar-refractivity contribution in [2.75, 3.05) is 0 Å². The Morgan fingerprint density at radius 3 is 2.89 bits per heavy atom. The third-order valence-corrected chi connectivity index (χ3v) is 2.18. The monoisotopic (exact) mass is 248 g/mol. The van der Waals surface area contributed by atoms with Gasteiger partial charge < -0.3 is 9.73 Å². The Morgan fingerprint density at radius 1 is 1.44 bits per heavy atom. The third-order valence-electron chi connectivity index (χ3n) is 2.18. The van der Waals surface area contributed by atoms with E-state index in [-0.39, 0.29) is 11.6 Å². The normalized spacial score (nSPS) is 10.0. The van der Waals surface area contributed by atoms with Crippen LogP contribution < -0.4 is 5.32 Å². The van der Waals surface area contributed by atoms with Crippen LogP contribution in [0.25, 0.3) is 0 Å². The average molecular weight is 248 g/mol. The van der Waals surface area contributed by atoms with Crippen LogP contribution in [0.2, 0.25) is 0 Å². The summed E-state index contributed by atoms with van der Waals surface area (Å²) in [5.41, 5.74) is 0.838. The van der Waals surface area contributed by atoms with Crippen molar-refractivity contribution in [3.63, 3.8) is 0 Å². The molecule has 2 rings (SSSR count). The molecule has 2 aromatic heterocycles. The summed E-state index contributed by atoms with van der Waals surface area (Å²) in [6.45, 7) is 0.295. The number of hydrogen-bond acceptors (Lipinski definition) is 4. The first kappa shape index (κ1) is 11.8. The summed E-state index contributed by atoms with van der Waals surface area (Å²) in [6, 6.07) is 6.07. The molecule has 0 saturated heterocycles. The lowest BCUT2D eigenvalue weighted by Crippen LogP contribution is -2.22.